The van der Waals surface area contributed by atoms with Crippen molar-refractivity contribution >= 4 is 11.9 Å². The van der Waals surface area contributed by atoms with E-state index in [2.05, 4.69) is 10.1 Å². The second-order valence-corrected chi connectivity index (χ2v) is 2.02. The minimum absolute atomic E-state index is 0.740. The maximum atomic E-state index is 12.7. The molecule has 62 valence electrons. The van der Waals surface area contributed by atoms with E-state index in [1.54, 1.807) is 5.32 Å². The molecule has 6 heteroatoms. The van der Waals surface area contributed by atoms with Gasteiger partial charge in [0, 0.05) is 7.11 Å². The van der Waals surface area contributed by atoms with Crippen LogP contribution in [0.3, 0.4) is 0 Å². The Labute approximate surface area is 61.9 Å². The lowest BCUT2D eigenvalue weighted by Crippen LogP contribution is -2.60. The van der Waals surface area contributed by atoms with E-state index < -0.39 is 24.3 Å². The number of amides is 3. The molecule has 1 rings (SSSR count). The number of urea groups is 1. The summed E-state index contributed by atoms with van der Waals surface area (Å²) in [6.45, 7) is 0. The Morgan fingerprint density at radius 1 is 1.55 bits per heavy atom. The monoisotopic (exact) mass is 162 g/mol. The van der Waals surface area contributed by atoms with Crippen molar-refractivity contribution in [3.8, 4) is 0 Å². The lowest BCUT2D eigenvalue weighted by atomic mass is 10.3. The SMILES string of the molecule is COC1NC(=O)NC(=O)C1F. The summed E-state index contributed by atoms with van der Waals surface area (Å²) >= 11 is 0. The molecule has 11 heavy (non-hydrogen) atoms. The van der Waals surface area contributed by atoms with Gasteiger partial charge in [0.25, 0.3) is 5.91 Å². The van der Waals surface area contributed by atoms with Crippen LogP contribution in [0.5, 0.6) is 0 Å². The minimum atomic E-state index is -1.84. The summed E-state index contributed by atoms with van der Waals surface area (Å²) in [6.07, 6.45) is -3.01. The Kier molecular flexibility index (Phi) is 2.04. The second kappa shape index (κ2) is 2.83. The fraction of sp³-hybridized carbons (Fsp3) is 0.600. The minimum Gasteiger partial charge on any atom is -0.358 e. The molecule has 1 aliphatic heterocycles. The van der Waals surface area contributed by atoms with Crippen molar-refractivity contribution < 1.29 is 18.7 Å². The number of carbonyl (C=O) groups is 2. The van der Waals surface area contributed by atoms with Crippen LogP contribution in [0, 0.1) is 0 Å². The summed E-state index contributed by atoms with van der Waals surface area (Å²) in [4.78, 5) is 21.0. The number of hydrogen-bond donors (Lipinski definition) is 2. The number of halogens is 1. The summed E-state index contributed by atoms with van der Waals surface area (Å²) in [5.74, 6) is -0.972. The smallest absolute Gasteiger partial charge is 0.323 e. The molecule has 0 saturated carbocycles. The molecule has 0 aromatic heterocycles. The first kappa shape index (κ1) is 7.93. The molecule has 1 heterocycles. The van der Waals surface area contributed by atoms with Gasteiger partial charge in [-0.1, -0.05) is 0 Å². The van der Waals surface area contributed by atoms with Crippen LogP contribution in [0.15, 0.2) is 0 Å². The van der Waals surface area contributed by atoms with Crippen molar-refractivity contribution in [2.75, 3.05) is 7.11 Å². The van der Waals surface area contributed by atoms with Crippen LogP contribution in [0.4, 0.5) is 9.18 Å². The van der Waals surface area contributed by atoms with Crippen LogP contribution >= 0.6 is 0 Å². The molecule has 0 aliphatic carbocycles. The third-order valence-corrected chi connectivity index (χ3v) is 1.28. The van der Waals surface area contributed by atoms with Crippen LogP contribution < -0.4 is 10.6 Å². The van der Waals surface area contributed by atoms with E-state index in [4.69, 9.17) is 0 Å². The third kappa shape index (κ3) is 1.45. The van der Waals surface area contributed by atoms with E-state index in [9.17, 15) is 14.0 Å². The van der Waals surface area contributed by atoms with Crippen LogP contribution in [-0.4, -0.2) is 31.4 Å². The van der Waals surface area contributed by atoms with E-state index in [-0.39, 0.29) is 0 Å². The predicted molar refractivity (Wildman–Crippen MR) is 32.4 cm³/mol. The average molecular weight is 162 g/mol. The number of carbonyl (C=O) groups excluding carboxylic acids is 2. The molecule has 1 aliphatic rings. The van der Waals surface area contributed by atoms with Gasteiger partial charge < -0.3 is 10.1 Å². The van der Waals surface area contributed by atoms with E-state index >= 15 is 0 Å². The largest absolute Gasteiger partial charge is 0.358 e. The number of imide groups is 1. The topological polar surface area (TPSA) is 67.4 Å². The molecule has 5 nitrogen and oxygen atoms in total. The third-order valence-electron chi connectivity index (χ3n) is 1.28. The molecule has 0 radical (unpaired) electrons. The van der Waals surface area contributed by atoms with Crippen LogP contribution in [0.2, 0.25) is 0 Å². The molecule has 0 spiro atoms. The standard InChI is InChI=1S/C5H7FN2O3/c1-11-4-2(6)3(9)7-5(10)8-4/h2,4H,1H3,(H2,7,8,9,10). The zero-order chi connectivity index (χ0) is 8.43. The molecule has 3 amide bonds. The lowest BCUT2D eigenvalue weighted by Gasteiger charge is -2.24. The molecular weight excluding hydrogens is 155 g/mol. The van der Waals surface area contributed by atoms with Crippen molar-refractivity contribution in [1.82, 2.24) is 10.6 Å². The fourth-order valence-corrected chi connectivity index (χ4v) is 0.735. The van der Waals surface area contributed by atoms with Crippen molar-refractivity contribution in [3.05, 3.63) is 0 Å². The van der Waals surface area contributed by atoms with Gasteiger partial charge in [0.05, 0.1) is 0 Å². The van der Waals surface area contributed by atoms with Gasteiger partial charge in [-0.2, -0.15) is 0 Å². The molecule has 2 unspecified atom stereocenters. The van der Waals surface area contributed by atoms with Gasteiger partial charge in [-0.05, 0) is 0 Å². The summed E-state index contributed by atoms with van der Waals surface area (Å²) < 4.78 is 17.1. The molecular formula is C5H7FN2O3. The Morgan fingerprint density at radius 2 is 2.18 bits per heavy atom. The van der Waals surface area contributed by atoms with Gasteiger partial charge >= 0.3 is 6.03 Å². The molecule has 1 fully saturated rings. The number of hydrogen-bond acceptors (Lipinski definition) is 3. The molecule has 0 aromatic carbocycles. The highest BCUT2D eigenvalue weighted by atomic mass is 19.1. The van der Waals surface area contributed by atoms with Gasteiger partial charge in [-0.25, -0.2) is 9.18 Å². The fourth-order valence-electron chi connectivity index (χ4n) is 0.735. The number of methoxy groups -OCH3 is 1. The van der Waals surface area contributed by atoms with E-state index in [0.717, 1.165) is 0 Å². The van der Waals surface area contributed by atoms with Crippen LogP contribution in [0.25, 0.3) is 0 Å². The highest BCUT2D eigenvalue weighted by molar-refractivity contribution is 5.99. The summed E-state index contributed by atoms with van der Waals surface area (Å²) in [7, 11) is 1.20. The van der Waals surface area contributed by atoms with Crippen molar-refractivity contribution in [2.45, 2.75) is 12.4 Å². The Morgan fingerprint density at radius 3 is 2.73 bits per heavy atom. The Bertz CT molecular complexity index is 196. The quantitative estimate of drug-likeness (QED) is 0.527. The maximum Gasteiger partial charge on any atom is 0.323 e. The molecule has 2 atom stereocenters. The average Bonchev–Trinajstić information content (AvgIpc) is 1.96. The normalized spacial score (nSPS) is 31.1. The Balaban J connectivity index is 2.66. The Hall–Kier alpha value is -1.17. The van der Waals surface area contributed by atoms with Crippen molar-refractivity contribution in [1.29, 1.82) is 0 Å². The number of ether oxygens (including phenoxy) is 1. The summed E-state index contributed by atoms with van der Waals surface area (Å²) in [6, 6.07) is -0.740. The summed E-state index contributed by atoms with van der Waals surface area (Å²) in [5.41, 5.74) is 0. The molecule has 1 saturated heterocycles. The highest BCUT2D eigenvalue weighted by Gasteiger charge is 2.35. The number of nitrogens with one attached hydrogen (secondary N) is 2. The van der Waals surface area contributed by atoms with Gasteiger partial charge in [-0.15, -0.1) is 0 Å². The zero-order valence-corrected chi connectivity index (χ0v) is 5.76. The lowest BCUT2D eigenvalue weighted by molar-refractivity contribution is -0.132. The molecule has 2 N–H and O–H groups in total. The van der Waals surface area contributed by atoms with E-state index in [1.165, 1.54) is 7.11 Å². The maximum absolute atomic E-state index is 12.7. The van der Waals surface area contributed by atoms with E-state index in [0.29, 0.717) is 0 Å². The zero-order valence-electron chi connectivity index (χ0n) is 5.76. The van der Waals surface area contributed by atoms with E-state index in [1.807, 2.05) is 0 Å². The van der Waals surface area contributed by atoms with Crippen LogP contribution in [0.1, 0.15) is 0 Å². The van der Waals surface area contributed by atoms with Gasteiger partial charge in [0.1, 0.15) is 0 Å². The second-order valence-electron chi connectivity index (χ2n) is 2.02. The molecule has 0 bridgehead atoms. The number of alkyl halides is 1. The summed E-state index contributed by atoms with van der Waals surface area (Å²) in [5, 5.41) is 3.83. The first-order chi connectivity index (χ1) is 5.15. The van der Waals surface area contributed by atoms with Gasteiger partial charge in [-0.3, -0.25) is 10.1 Å². The number of rotatable bonds is 1. The molecule has 0 aromatic rings. The van der Waals surface area contributed by atoms with Gasteiger partial charge in [0.2, 0.25) is 6.17 Å². The first-order valence-electron chi connectivity index (χ1n) is 2.93. The first-order valence-corrected chi connectivity index (χ1v) is 2.93. The van der Waals surface area contributed by atoms with Crippen molar-refractivity contribution in [3.63, 3.8) is 0 Å². The van der Waals surface area contributed by atoms with Crippen molar-refractivity contribution in [2.24, 2.45) is 0 Å². The van der Waals surface area contributed by atoms with Crippen LogP contribution in [-0.2, 0) is 9.53 Å². The predicted octanol–water partition coefficient (Wildman–Crippen LogP) is -0.864. The van der Waals surface area contributed by atoms with Gasteiger partial charge in [0.15, 0.2) is 6.23 Å². The highest BCUT2D eigenvalue weighted by Crippen LogP contribution is 2.03.